The van der Waals surface area contributed by atoms with Crippen LogP contribution in [0, 0.1) is 0 Å². The number of hydrogen-bond acceptors (Lipinski definition) is 2. The summed E-state index contributed by atoms with van der Waals surface area (Å²) in [5.74, 6) is 0. The number of halogens is 2. The molecule has 0 spiro atoms. The first-order valence-electron chi connectivity index (χ1n) is 5.07. The van der Waals surface area contributed by atoms with Gasteiger partial charge in [0.15, 0.2) is 22.5 Å². The number of urea groups is 2. The lowest BCUT2D eigenvalue weighted by molar-refractivity contribution is 0.187. The van der Waals surface area contributed by atoms with E-state index in [1.807, 2.05) is 6.07 Å². The van der Waals surface area contributed by atoms with E-state index in [0.717, 1.165) is 4.90 Å². The molecule has 1 aliphatic heterocycles. The lowest BCUT2D eigenvalue weighted by Gasteiger charge is -2.37. The molecule has 1 aliphatic rings. The average molecular weight is 307 g/mol. The number of hydrogen-bond donors (Lipinski definition) is 0. The van der Waals surface area contributed by atoms with Crippen LogP contribution in [0.4, 0.5) is 15.3 Å². The number of nitrogens with zero attached hydrogens (tertiary/aromatic N) is 3. The van der Waals surface area contributed by atoms with Gasteiger partial charge < -0.3 is 0 Å². The first-order valence-corrected chi connectivity index (χ1v) is 8.57. The van der Waals surface area contributed by atoms with E-state index >= 15 is 0 Å². The third-order valence-electron chi connectivity index (χ3n) is 2.63. The van der Waals surface area contributed by atoms with Gasteiger partial charge in [0.25, 0.3) is 0 Å². The summed E-state index contributed by atoms with van der Waals surface area (Å²) in [5.41, 5.74) is 0.562. The Balaban J connectivity index is 2.51. The van der Waals surface area contributed by atoms with Gasteiger partial charge >= 0.3 is 18.3 Å². The summed E-state index contributed by atoms with van der Waals surface area (Å²) < 4.78 is 2.46. The third kappa shape index (κ3) is 1.92. The second-order valence-corrected chi connectivity index (χ2v) is 9.01. The van der Waals surface area contributed by atoms with Crippen LogP contribution in [-0.4, -0.2) is 35.7 Å². The van der Waals surface area contributed by atoms with Gasteiger partial charge in [0, 0.05) is 7.05 Å². The number of anilines is 1. The molecule has 1 saturated heterocycles. The van der Waals surface area contributed by atoms with Crippen LogP contribution >= 0.6 is 28.8 Å². The Morgan fingerprint density at radius 1 is 1.00 bits per heavy atom. The molecule has 0 N–H and O–H groups in total. The summed E-state index contributed by atoms with van der Waals surface area (Å²) in [7, 11) is 2.87. The predicted octanol–water partition coefficient (Wildman–Crippen LogP) is 3.77. The quantitative estimate of drug-likeness (QED) is 0.741. The van der Waals surface area contributed by atoms with E-state index in [1.165, 1.54) is 23.4 Å². The van der Waals surface area contributed by atoms with Crippen molar-refractivity contribution in [1.29, 1.82) is 0 Å². The first-order chi connectivity index (χ1) is 8.37. The van der Waals surface area contributed by atoms with Gasteiger partial charge in [0.05, 0.1) is 12.7 Å². The molecule has 8 heteroatoms. The van der Waals surface area contributed by atoms with Crippen LogP contribution in [0.1, 0.15) is 0 Å². The van der Waals surface area contributed by atoms with Crippen molar-refractivity contribution in [3.8, 4) is 0 Å². The van der Waals surface area contributed by atoms with Gasteiger partial charge in [0.1, 0.15) is 0 Å². The Morgan fingerprint density at radius 2 is 1.56 bits per heavy atom. The number of para-hydroxylation sites is 1. The summed E-state index contributed by atoms with van der Waals surface area (Å²) in [6.45, 7) is 0. The number of rotatable bonds is 1. The standard InChI is InChI=1S/C10H11Cl2N3O2P/c1-13-9(16)14(2)18(11,12)15(10(13)17)8-6-4-3-5-7-8/h3-7H,1-2H3/q+1. The molecule has 0 aromatic heterocycles. The summed E-state index contributed by atoms with van der Waals surface area (Å²) in [5, 5.41) is 0. The summed E-state index contributed by atoms with van der Waals surface area (Å²) in [6.07, 6.45) is -3.04. The molecular weight excluding hydrogens is 296 g/mol. The maximum atomic E-state index is 12.2. The van der Waals surface area contributed by atoms with Crippen molar-refractivity contribution >= 4 is 46.5 Å². The van der Waals surface area contributed by atoms with Crippen molar-refractivity contribution in [2.24, 2.45) is 0 Å². The fourth-order valence-electron chi connectivity index (χ4n) is 1.60. The second-order valence-electron chi connectivity index (χ2n) is 3.75. The predicted molar refractivity (Wildman–Crippen MR) is 73.9 cm³/mol. The van der Waals surface area contributed by atoms with E-state index in [0.29, 0.717) is 5.69 Å². The number of imide groups is 1. The largest absolute Gasteiger partial charge is 0.412 e. The van der Waals surface area contributed by atoms with Gasteiger partial charge in [-0.15, -0.1) is 9.34 Å². The molecule has 1 fully saturated rings. The Hall–Kier alpha value is -1.03. The minimum atomic E-state index is -3.04. The SMILES string of the molecule is CN1C(=O)N(C)[P+](Cl)(Cl)N(c2ccccc2)C1=O. The van der Waals surface area contributed by atoms with Crippen molar-refractivity contribution in [1.82, 2.24) is 9.57 Å². The Kier molecular flexibility index (Phi) is 3.41. The smallest absolute Gasteiger partial charge is 0.244 e. The van der Waals surface area contributed by atoms with E-state index in [9.17, 15) is 9.59 Å². The van der Waals surface area contributed by atoms with Gasteiger partial charge in [-0.05, 0) is 12.1 Å². The van der Waals surface area contributed by atoms with Crippen LogP contribution in [-0.2, 0) is 0 Å². The highest BCUT2D eigenvalue weighted by Crippen LogP contribution is 2.75. The summed E-state index contributed by atoms with van der Waals surface area (Å²) in [4.78, 5) is 24.9. The van der Waals surface area contributed by atoms with Gasteiger partial charge in [-0.1, -0.05) is 18.2 Å². The van der Waals surface area contributed by atoms with Crippen molar-refractivity contribution < 1.29 is 9.59 Å². The van der Waals surface area contributed by atoms with Crippen molar-refractivity contribution in [3.63, 3.8) is 0 Å². The van der Waals surface area contributed by atoms with Crippen LogP contribution in [0.25, 0.3) is 0 Å². The minimum absolute atomic E-state index is 0.509. The molecule has 96 valence electrons. The minimum Gasteiger partial charge on any atom is -0.244 e. The average Bonchev–Trinajstić information content (AvgIpc) is 2.35. The zero-order chi connectivity index (χ0) is 13.5. The number of benzene rings is 1. The third-order valence-corrected chi connectivity index (χ3v) is 6.68. The Labute approximate surface area is 115 Å². The topological polar surface area (TPSA) is 43.9 Å². The summed E-state index contributed by atoms with van der Waals surface area (Å²) >= 11 is 12.5. The van der Waals surface area contributed by atoms with E-state index in [4.69, 9.17) is 22.5 Å². The Morgan fingerprint density at radius 3 is 2.11 bits per heavy atom. The van der Waals surface area contributed by atoms with Crippen LogP contribution < -0.4 is 4.67 Å². The fraction of sp³-hybridized carbons (Fsp3) is 0.200. The van der Waals surface area contributed by atoms with E-state index in [-0.39, 0.29) is 0 Å². The highest BCUT2D eigenvalue weighted by molar-refractivity contribution is 8.17. The Bertz CT molecular complexity index is 497. The molecule has 5 nitrogen and oxygen atoms in total. The van der Waals surface area contributed by atoms with E-state index in [1.54, 1.807) is 24.3 Å². The monoisotopic (exact) mass is 306 g/mol. The first kappa shape index (κ1) is 13.4. The lowest BCUT2D eigenvalue weighted by atomic mass is 10.3. The van der Waals surface area contributed by atoms with Crippen molar-refractivity contribution in [3.05, 3.63) is 30.3 Å². The van der Waals surface area contributed by atoms with Gasteiger partial charge in [-0.2, -0.15) is 0 Å². The normalized spacial score (nSPS) is 19.4. The molecule has 0 atom stereocenters. The van der Waals surface area contributed by atoms with Gasteiger partial charge in [-0.3, -0.25) is 0 Å². The van der Waals surface area contributed by atoms with Gasteiger partial charge in [-0.25, -0.2) is 14.5 Å². The van der Waals surface area contributed by atoms with E-state index in [2.05, 4.69) is 0 Å². The molecule has 2 rings (SSSR count). The molecule has 1 aromatic rings. The number of carbonyl (C=O) groups excluding carboxylic acids is 2. The maximum absolute atomic E-state index is 12.2. The van der Waals surface area contributed by atoms with Crippen LogP contribution in [0.3, 0.4) is 0 Å². The summed E-state index contributed by atoms with van der Waals surface area (Å²) in [6, 6.07) is 7.76. The zero-order valence-corrected chi connectivity index (χ0v) is 12.2. The molecule has 18 heavy (non-hydrogen) atoms. The molecule has 1 heterocycles. The number of carbonyl (C=O) groups is 2. The van der Waals surface area contributed by atoms with Crippen LogP contribution in [0.5, 0.6) is 0 Å². The zero-order valence-electron chi connectivity index (χ0n) is 9.75. The van der Waals surface area contributed by atoms with Crippen molar-refractivity contribution in [2.75, 3.05) is 18.8 Å². The molecule has 0 aliphatic carbocycles. The number of amides is 4. The fourth-order valence-corrected chi connectivity index (χ4v) is 4.26. The molecule has 4 amide bonds. The molecule has 0 radical (unpaired) electrons. The molecule has 0 unspecified atom stereocenters. The lowest BCUT2D eigenvalue weighted by Crippen LogP contribution is -2.54. The molecule has 0 saturated carbocycles. The molecular formula is C10H11Cl2N3O2P+. The molecule has 0 bridgehead atoms. The van der Waals surface area contributed by atoms with Crippen molar-refractivity contribution in [2.45, 2.75) is 0 Å². The highest BCUT2D eigenvalue weighted by atomic mass is 35.9. The molecule has 1 aromatic carbocycles. The van der Waals surface area contributed by atoms with E-state index < -0.39 is 18.3 Å². The maximum Gasteiger partial charge on any atom is 0.412 e. The second kappa shape index (κ2) is 4.57. The van der Waals surface area contributed by atoms with Gasteiger partial charge in [0.2, 0.25) is 0 Å². The van der Waals surface area contributed by atoms with Crippen LogP contribution in [0.2, 0.25) is 0 Å². The highest BCUT2D eigenvalue weighted by Gasteiger charge is 2.61. The van der Waals surface area contributed by atoms with Crippen LogP contribution in [0.15, 0.2) is 30.3 Å².